The van der Waals surface area contributed by atoms with Crippen molar-refractivity contribution in [3.05, 3.63) is 83.4 Å². The van der Waals surface area contributed by atoms with Crippen molar-refractivity contribution in [2.24, 2.45) is 0 Å². The predicted octanol–water partition coefficient (Wildman–Crippen LogP) is 5.98. The average molecular weight is 460 g/mol. The van der Waals surface area contributed by atoms with Crippen molar-refractivity contribution in [3.63, 3.8) is 0 Å². The zero-order valence-electron chi connectivity index (χ0n) is 19.7. The van der Waals surface area contributed by atoms with Gasteiger partial charge in [-0.05, 0) is 78.9 Å². The van der Waals surface area contributed by atoms with Crippen LogP contribution in [0.3, 0.4) is 0 Å². The summed E-state index contributed by atoms with van der Waals surface area (Å²) in [6.07, 6.45) is 3.70. The van der Waals surface area contributed by atoms with Crippen LogP contribution in [-0.4, -0.2) is 41.4 Å². The van der Waals surface area contributed by atoms with E-state index in [1.807, 2.05) is 30.3 Å². The maximum Gasteiger partial charge on any atom is 0.131 e. The summed E-state index contributed by atoms with van der Waals surface area (Å²) in [5.41, 5.74) is 3.24. The molecule has 0 aliphatic carbocycles. The molecule has 3 aromatic rings. The number of fused-ring (bicyclic) bond motifs is 1. The fourth-order valence-corrected chi connectivity index (χ4v) is 5.33. The molecule has 2 aliphatic heterocycles. The molecule has 1 fully saturated rings. The highest BCUT2D eigenvalue weighted by atomic mass is 16.5. The van der Waals surface area contributed by atoms with Crippen molar-refractivity contribution in [1.29, 1.82) is 0 Å². The quantitative estimate of drug-likeness (QED) is 0.475. The van der Waals surface area contributed by atoms with Crippen LogP contribution in [0.5, 0.6) is 23.0 Å². The van der Waals surface area contributed by atoms with Crippen LogP contribution in [0.1, 0.15) is 60.8 Å². The normalized spacial score (nSPS) is 22.6. The van der Waals surface area contributed by atoms with Crippen molar-refractivity contribution in [2.75, 3.05) is 26.2 Å². The summed E-state index contributed by atoms with van der Waals surface area (Å²) >= 11 is 0. The van der Waals surface area contributed by atoms with Crippen molar-refractivity contribution in [3.8, 4) is 23.0 Å². The van der Waals surface area contributed by atoms with E-state index in [1.54, 1.807) is 24.3 Å². The smallest absolute Gasteiger partial charge is 0.131 e. The minimum Gasteiger partial charge on any atom is -0.508 e. The Balaban J connectivity index is 1.36. The first kappa shape index (κ1) is 22.6. The molecule has 1 saturated heterocycles. The molecule has 178 valence electrons. The van der Waals surface area contributed by atoms with Crippen LogP contribution < -0.4 is 9.47 Å². The van der Waals surface area contributed by atoms with Gasteiger partial charge in [0, 0.05) is 18.5 Å². The summed E-state index contributed by atoms with van der Waals surface area (Å²) in [5.74, 6) is 2.26. The fourth-order valence-electron chi connectivity index (χ4n) is 5.33. The molecule has 0 radical (unpaired) electrons. The van der Waals surface area contributed by atoms with E-state index in [2.05, 4.69) is 24.0 Å². The maximum absolute atomic E-state index is 10.0. The fraction of sp³-hybridized carbons (Fsp3) is 0.379. The van der Waals surface area contributed by atoms with Gasteiger partial charge in [-0.2, -0.15) is 0 Å². The Hall–Kier alpha value is -3.18. The number of ether oxygens (including phenoxy) is 2. The van der Waals surface area contributed by atoms with E-state index in [9.17, 15) is 10.2 Å². The lowest BCUT2D eigenvalue weighted by atomic mass is 9.75. The van der Waals surface area contributed by atoms with E-state index in [4.69, 9.17) is 9.47 Å². The van der Waals surface area contributed by atoms with Crippen molar-refractivity contribution in [2.45, 2.75) is 44.1 Å². The minimum atomic E-state index is -0.226. The van der Waals surface area contributed by atoms with E-state index in [-0.39, 0.29) is 29.4 Å². The van der Waals surface area contributed by atoms with Gasteiger partial charge in [0.05, 0.1) is 0 Å². The third-order valence-corrected chi connectivity index (χ3v) is 7.22. The molecule has 0 saturated carbocycles. The van der Waals surface area contributed by atoms with Gasteiger partial charge in [0.2, 0.25) is 0 Å². The van der Waals surface area contributed by atoms with Gasteiger partial charge in [-0.3, -0.25) is 4.90 Å². The first-order valence-corrected chi connectivity index (χ1v) is 12.3. The van der Waals surface area contributed by atoms with Crippen LogP contribution >= 0.6 is 0 Å². The Morgan fingerprint density at radius 3 is 2.26 bits per heavy atom. The SMILES string of the molecule is C[C@@H]1c2ccc(O)cc2O[C@@H](c2ccc(OCCN3CCCCC3)cc2)[C@H]1c1ccc(O)cc1. The molecule has 34 heavy (non-hydrogen) atoms. The van der Waals surface area contributed by atoms with Crippen LogP contribution in [-0.2, 0) is 0 Å². The molecule has 0 bridgehead atoms. The zero-order valence-corrected chi connectivity index (χ0v) is 19.7. The van der Waals surface area contributed by atoms with Crippen LogP contribution in [0.15, 0.2) is 66.7 Å². The summed E-state index contributed by atoms with van der Waals surface area (Å²) in [7, 11) is 0. The number of likely N-dealkylation sites (tertiary alicyclic amines) is 1. The molecule has 3 aromatic carbocycles. The summed E-state index contributed by atoms with van der Waals surface area (Å²) in [6.45, 7) is 6.21. The molecule has 0 spiro atoms. The first-order chi connectivity index (χ1) is 16.6. The average Bonchev–Trinajstić information content (AvgIpc) is 2.86. The number of rotatable bonds is 6. The van der Waals surface area contributed by atoms with Crippen molar-refractivity contribution >= 4 is 0 Å². The van der Waals surface area contributed by atoms with Gasteiger partial charge in [0.25, 0.3) is 0 Å². The lowest BCUT2D eigenvalue weighted by Gasteiger charge is -2.39. The van der Waals surface area contributed by atoms with E-state index < -0.39 is 0 Å². The Morgan fingerprint density at radius 1 is 0.853 bits per heavy atom. The topological polar surface area (TPSA) is 62.2 Å². The monoisotopic (exact) mass is 459 g/mol. The number of benzene rings is 3. The molecule has 0 amide bonds. The van der Waals surface area contributed by atoms with Gasteiger partial charge in [-0.25, -0.2) is 0 Å². The van der Waals surface area contributed by atoms with Gasteiger partial charge < -0.3 is 19.7 Å². The molecular weight excluding hydrogens is 426 g/mol. The van der Waals surface area contributed by atoms with E-state index in [0.29, 0.717) is 6.61 Å². The molecule has 5 heteroatoms. The molecule has 2 aliphatic rings. The Labute approximate surface area is 201 Å². The molecule has 0 aromatic heterocycles. The number of hydrogen-bond donors (Lipinski definition) is 2. The second-order valence-electron chi connectivity index (χ2n) is 9.49. The van der Waals surface area contributed by atoms with Gasteiger partial charge >= 0.3 is 0 Å². The van der Waals surface area contributed by atoms with Gasteiger partial charge in [0.1, 0.15) is 35.7 Å². The summed E-state index contributed by atoms with van der Waals surface area (Å²) < 4.78 is 12.5. The van der Waals surface area contributed by atoms with Crippen LogP contribution in [0.2, 0.25) is 0 Å². The molecule has 5 nitrogen and oxygen atoms in total. The van der Waals surface area contributed by atoms with Crippen LogP contribution in [0.4, 0.5) is 0 Å². The number of phenols is 2. The summed E-state index contributed by atoms with van der Waals surface area (Å²) in [6, 6.07) is 20.9. The minimum absolute atomic E-state index is 0.0588. The maximum atomic E-state index is 10.0. The lowest BCUT2D eigenvalue weighted by Crippen LogP contribution is -2.33. The largest absolute Gasteiger partial charge is 0.508 e. The second-order valence-corrected chi connectivity index (χ2v) is 9.49. The molecule has 3 atom stereocenters. The second kappa shape index (κ2) is 9.98. The molecule has 0 unspecified atom stereocenters. The third-order valence-electron chi connectivity index (χ3n) is 7.22. The molecule has 2 heterocycles. The Bertz CT molecular complexity index is 1090. The van der Waals surface area contributed by atoms with Crippen LogP contribution in [0, 0.1) is 0 Å². The third kappa shape index (κ3) is 4.85. The highest BCUT2D eigenvalue weighted by molar-refractivity contribution is 5.48. The number of aromatic hydroxyl groups is 2. The lowest BCUT2D eigenvalue weighted by molar-refractivity contribution is 0.136. The van der Waals surface area contributed by atoms with Crippen LogP contribution in [0.25, 0.3) is 0 Å². The summed E-state index contributed by atoms with van der Waals surface area (Å²) in [5, 5.41) is 19.8. The van der Waals surface area contributed by atoms with Crippen molar-refractivity contribution < 1.29 is 19.7 Å². The van der Waals surface area contributed by atoms with Gasteiger partial charge in [-0.1, -0.05) is 43.7 Å². The number of hydrogen-bond acceptors (Lipinski definition) is 5. The molecular formula is C29H33NO4. The Morgan fingerprint density at radius 2 is 1.53 bits per heavy atom. The van der Waals surface area contributed by atoms with Gasteiger partial charge in [0.15, 0.2) is 0 Å². The number of piperidine rings is 1. The zero-order chi connectivity index (χ0) is 23.5. The van der Waals surface area contributed by atoms with E-state index >= 15 is 0 Å². The highest BCUT2D eigenvalue weighted by Gasteiger charge is 2.38. The highest BCUT2D eigenvalue weighted by Crippen LogP contribution is 2.51. The standard InChI is InChI=1S/C29H33NO4/c1-20-26-14-11-24(32)19-27(26)34-29(28(20)21-5-9-23(31)10-6-21)22-7-12-25(13-8-22)33-18-17-30-15-3-2-4-16-30/h5-14,19-20,28-29,31-32H,2-4,15-18H2,1H3/t20-,28-,29+/m1/s1. The number of phenolic OH excluding ortho intramolecular Hbond substituents is 2. The predicted molar refractivity (Wildman–Crippen MR) is 133 cm³/mol. The molecule has 2 N–H and O–H groups in total. The van der Waals surface area contributed by atoms with Gasteiger partial charge in [-0.15, -0.1) is 0 Å². The van der Waals surface area contributed by atoms with E-state index in [1.165, 1.54) is 32.4 Å². The first-order valence-electron chi connectivity index (χ1n) is 12.3. The Kier molecular flexibility index (Phi) is 6.63. The molecule has 5 rings (SSSR count). The van der Waals surface area contributed by atoms with E-state index in [0.717, 1.165) is 34.7 Å². The van der Waals surface area contributed by atoms with Crippen molar-refractivity contribution in [1.82, 2.24) is 4.90 Å². The summed E-state index contributed by atoms with van der Waals surface area (Å²) in [4.78, 5) is 2.48. The number of nitrogens with zero attached hydrogens (tertiary/aromatic N) is 1.